The van der Waals surface area contributed by atoms with E-state index in [0.717, 1.165) is 61.1 Å². The van der Waals surface area contributed by atoms with E-state index < -0.39 is 0 Å². The molecule has 7 aromatic carbocycles. The van der Waals surface area contributed by atoms with E-state index in [1.54, 1.807) is 0 Å². The van der Waals surface area contributed by atoms with Gasteiger partial charge in [-0.05, 0) is 71.8 Å². The number of pyridine rings is 1. The fourth-order valence-corrected chi connectivity index (χ4v) is 8.02. The Bertz CT molecular complexity index is 3180. The minimum Gasteiger partial charge on any atom is -0.309 e. The zero-order chi connectivity index (χ0) is 37.0. The van der Waals surface area contributed by atoms with Gasteiger partial charge < -0.3 is 9.13 Å². The first-order valence-electron chi connectivity index (χ1n) is 18.7. The number of hydrogen-bond donors (Lipinski definition) is 0. The summed E-state index contributed by atoms with van der Waals surface area (Å²) in [4.78, 5) is 19.8. The lowest BCUT2D eigenvalue weighted by Gasteiger charge is -2.12. The Balaban J connectivity index is 1.06. The van der Waals surface area contributed by atoms with Gasteiger partial charge in [0.05, 0.1) is 27.6 Å². The summed E-state index contributed by atoms with van der Waals surface area (Å²) in [6.45, 7) is 0. The summed E-state index contributed by atoms with van der Waals surface area (Å²) in [6, 6.07) is 65.5. The second kappa shape index (κ2) is 13.0. The maximum atomic E-state index is 5.01. The molecule has 0 aliphatic carbocycles. The van der Waals surface area contributed by atoms with Crippen LogP contribution in [0.5, 0.6) is 0 Å². The average Bonchev–Trinajstić information content (AvgIpc) is 3.79. The fraction of sp³-hybridized carbons (Fsp3) is 0. The monoisotopic (exact) mass is 716 g/mol. The van der Waals surface area contributed by atoms with E-state index in [1.807, 2.05) is 72.9 Å². The normalized spacial score (nSPS) is 11.6. The van der Waals surface area contributed by atoms with Crippen molar-refractivity contribution in [1.82, 2.24) is 29.1 Å². The van der Waals surface area contributed by atoms with Gasteiger partial charge in [0.1, 0.15) is 0 Å². The minimum atomic E-state index is 0.615. The van der Waals surface area contributed by atoms with Crippen molar-refractivity contribution in [1.29, 1.82) is 0 Å². The number of fused-ring (bicyclic) bond motifs is 6. The highest BCUT2D eigenvalue weighted by Gasteiger charge is 2.18. The van der Waals surface area contributed by atoms with Gasteiger partial charge in [-0.15, -0.1) is 0 Å². The SMILES string of the molecule is c1ccc(-c2nc(-c3ccccc3)nc(-c3cccc(-n4c5ccc(-c6ccc7c8ccccc8n(-c8ccccc8)c7c6)cc5c5ncccc54)c3)n2)cc1. The molecular weight excluding hydrogens is 685 g/mol. The van der Waals surface area contributed by atoms with E-state index in [9.17, 15) is 0 Å². The van der Waals surface area contributed by atoms with Gasteiger partial charge in [-0.1, -0.05) is 127 Å². The summed E-state index contributed by atoms with van der Waals surface area (Å²) in [5, 5.41) is 3.56. The first kappa shape index (κ1) is 31.8. The van der Waals surface area contributed by atoms with E-state index in [4.69, 9.17) is 19.9 Å². The Morgan fingerprint density at radius 3 is 1.59 bits per heavy atom. The molecule has 4 heterocycles. The van der Waals surface area contributed by atoms with Crippen LogP contribution in [0.2, 0.25) is 0 Å². The van der Waals surface area contributed by atoms with Gasteiger partial charge in [-0.25, -0.2) is 15.0 Å². The van der Waals surface area contributed by atoms with Crippen LogP contribution in [-0.4, -0.2) is 29.1 Å². The van der Waals surface area contributed by atoms with Crippen molar-refractivity contribution in [2.45, 2.75) is 0 Å². The summed E-state index contributed by atoms with van der Waals surface area (Å²) < 4.78 is 4.66. The Hall–Kier alpha value is -7.70. The van der Waals surface area contributed by atoms with Crippen LogP contribution in [0.3, 0.4) is 0 Å². The summed E-state index contributed by atoms with van der Waals surface area (Å²) in [7, 11) is 0. The van der Waals surface area contributed by atoms with Gasteiger partial charge in [0.2, 0.25) is 0 Å². The molecule has 0 bridgehead atoms. The Labute approximate surface area is 322 Å². The zero-order valence-electron chi connectivity index (χ0n) is 30.2. The number of para-hydroxylation sites is 2. The zero-order valence-corrected chi connectivity index (χ0v) is 30.2. The van der Waals surface area contributed by atoms with Crippen LogP contribution in [0.1, 0.15) is 0 Å². The van der Waals surface area contributed by atoms with E-state index in [1.165, 1.54) is 21.8 Å². The Kier molecular flexibility index (Phi) is 7.38. The molecular formula is C50H32N6. The summed E-state index contributed by atoms with van der Waals surface area (Å²) in [5.41, 5.74) is 12.6. The summed E-state index contributed by atoms with van der Waals surface area (Å²) in [6.07, 6.45) is 1.88. The van der Waals surface area contributed by atoms with Gasteiger partial charge in [-0.3, -0.25) is 4.98 Å². The molecule has 0 unspecified atom stereocenters. The van der Waals surface area contributed by atoms with Crippen molar-refractivity contribution < 1.29 is 0 Å². The minimum absolute atomic E-state index is 0.615. The lowest BCUT2D eigenvalue weighted by Crippen LogP contribution is -2.01. The van der Waals surface area contributed by atoms with E-state index in [0.29, 0.717) is 17.5 Å². The van der Waals surface area contributed by atoms with Crippen LogP contribution in [0.25, 0.3) is 100 Å². The van der Waals surface area contributed by atoms with Gasteiger partial charge in [0.25, 0.3) is 0 Å². The molecule has 11 aromatic rings. The third kappa shape index (κ3) is 5.27. The largest absolute Gasteiger partial charge is 0.309 e. The molecule has 6 nitrogen and oxygen atoms in total. The highest BCUT2D eigenvalue weighted by Crippen LogP contribution is 2.38. The molecule has 0 aliphatic heterocycles. The smallest absolute Gasteiger partial charge is 0.164 e. The Morgan fingerprint density at radius 2 is 0.839 bits per heavy atom. The molecule has 0 fully saturated rings. The van der Waals surface area contributed by atoms with E-state index >= 15 is 0 Å². The van der Waals surface area contributed by atoms with Gasteiger partial charge >= 0.3 is 0 Å². The average molecular weight is 717 g/mol. The molecule has 11 rings (SSSR count). The van der Waals surface area contributed by atoms with Gasteiger partial charge in [0, 0.05) is 50.4 Å². The van der Waals surface area contributed by atoms with Crippen molar-refractivity contribution in [3.05, 3.63) is 194 Å². The second-order valence-corrected chi connectivity index (χ2v) is 13.9. The second-order valence-electron chi connectivity index (χ2n) is 13.9. The highest BCUT2D eigenvalue weighted by molar-refractivity contribution is 6.11. The van der Waals surface area contributed by atoms with Gasteiger partial charge in [-0.2, -0.15) is 0 Å². The van der Waals surface area contributed by atoms with E-state index in [2.05, 4.69) is 130 Å². The lowest BCUT2D eigenvalue weighted by atomic mass is 10.0. The topological polar surface area (TPSA) is 61.4 Å². The molecule has 0 spiro atoms. The number of benzene rings is 7. The number of rotatable bonds is 6. The standard InChI is InChI=1S/C50H32N6/c1-4-14-33(15-5-1)48-52-49(34-16-6-2-7-17-34)54-50(53-48)37-18-12-21-39(30-37)56-44-28-26-35(31-42(44)47-45(56)24-13-29-51-47)36-25-27-41-40-22-10-11-23-43(40)55(46(41)32-36)38-19-8-3-9-20-38/h1-32H. The molecule has 0 atom stereocenters. The highest BCUT2D eigenvalue weighted by atomic mass is 15.0. The first-order chi connectivity index (χ1) is 27.8. The third-order valence-electron chi connectivity index (χ3n) is 10.6. The van der Waals surface area contributed by atoms with Gasteiger partial charge in [0.15, 0.2) is 17.5 Å². The first-order valence-corrected chi connectivity index (χ1v) is 18.7. The lowest BCUT2D eigenvalue weighted by molar-refractivity contribution is 1.07. The molecule has 0 saturated carbocycles. The van der Waals surface area contributed by atoms with Crippen LogP contribution in [-0.2, 0) is 0 Å². The molecule has 0 radical (unpaired) electrons. The van der Waals surface area contributed by atoms with Crippen molar-refractivity contribution in [3.63, 3.8) is 0 Å². The molecule has 56 heavy (non-hydrogen) atoms. The van der Waals surface area contributed by atoms with Crippen LogP contribution >= 0.6 is 0 Å². The number of aromatic nitrogens is 6. The molecule has 4 aromatic heterocycles. The van der Waals surface area contributed by atoms with E-state index in [-0.39, 0.29) is 0 Å². The molecule has 262 valence electrons. The van der Waals surface area contributed by atoms with Crippen LogP contribution < -0.4 is 0 Å². The van der Waals surface area contributed by atoms with Crippen LogP contribution in [0, 0.1) is 0 Å². The molecule has 6 heteroatoms. The Morgan fingerprint density at radius 1 is 0.304 bits per heavy atom. The summed E-state index contributed by atoms with van der Waals surface area (Å²) in [5.74, 6) is 1.88. The van der Waals surface area contributed by atoms with Crippen molar-refractivity contribution in [2.24, 2.45) is 0 Å². The number of hydrogen-bond acceptors (Lipinski definition) is 4. The predicted octanol–water partition coefficient (Wildman–Crippen LogP) is 12.1. The van der Waals surface area contributed by atoms with Crippen molar-refractivity contribution in [2.75, 3.05) is 0 Å². The molecule has 0 amide bonds. The van der Waals surface area contributed by atoms with Crippen LogP contribution in [0.15, 0.2) is 194 Å². The maximum absolute atomic E-state index is 5.01. The van der Waals surface area contributed by atoms with Crippen molar-refractivity contribution in [3.8, 4) is 56.7 Å². The quantitative estimate of drug-likeness (QED) is 0.172. The van der Waals surface area contributed by atoms with Crippen molar-refractivity contribution >= 4 is 43.7 Å². The van der Waals surface area contributed by atoms with Crippen LogP contribution in [0.4, 0.5) is 0 Å². The predicted molar refractivity (Wildman–Crippen MR) is 228 cm³/mol. The third-order valence-corrected chi connectivity index (χ3v) is 10.6. The maximum Gasteiger partial charge on any atom is 0.164 e. The molecule has 0 saturated heterocycles. The fourth-order valence-electron chi connectivity index (χ4n) is 8.02. The molecule has 0 N–H and O–H groups in total. The molecule has 0 aliphatic rings. The summed E-state index contributed by atoms with van der Waals surface area (Å²) >= 11 is 0. The number of nitrogens with zero attached hydrogens (tertiary/aromatic N) is 6.